The third-order valence-electron chi connectivity index (χ3n) is 2.51. The van der Waals surface area contributed by atoms with Crippen molar-refractivity contribution in [2.75, 3.05) is 25.0 Å². The van der Waals surface area contributed by atoms with Crippen LogP contribution in [0.2, 0.25) is 0 Å². The molecule has 0 radical (unpaired) electrons. The highest BCUT2D eigenvalue weighted by molar-refractivity contribution is 5.43. The zero-order valence-electron chi connectivity index (χ0n) is 10.2. The van der Waals surface area contributed by atoms with E-state index in [0.29, 0.717) is 12.2 Å². The Bertz CT molecular complexity index is 329. The molecule has 96 valence electrons. The SMILES string of the molecule is CCCCCNCCNc1ccc(F)c(F)c1. The van der Waals surface area contributed by atoms with Crippen LogP contribution in [0.1, 0.15) is 26.2 Å². The van der Waals surface area contributed by atoms with E-state index in [1.54, 1.807) is 0 Å². The molecule has 1 aromatic rings. The van der Waals surface area contributed by atoms with Crippen molar-refractivity contribution in [3.8, 4) is 0 Å². The lowest BCUT2D eigenvalue weighted by Crippen LogP contribution is -2.23. The lowest BCUT2D eigenvalue weighted by molar-refractivity contribution is 0.509. The molecule has 2 nitrogen and oxygen atoms in total. The Labute approximate surface area is 101 Å². The molecule has 0 aliphatic rings. The van der Waals surface area contributed by atoms with Crippen LogP contribution in [0.25, 0.3) is 0 Å². The Hall–Kier alpha value is -1.16. The number of hydrogen-bond acceptors (Lipinski definition) is 2. The number of unbranched alkanes of at least 4 members (excludes halogenated alkanes) is 2. The van der Waals surface area contributed by atoms with Gasteiger partial charge in [-0.15, -0.1) is 0 Å². The lowest BCUT2D eigenvalue weighted by atomic mass is 10.2. The maximum atomic E-state index is 12.9. The highest BCUT2D eigenvalue weighted by Crippen LogP contribution is 2.12. The molecular formula is C13H20F2N2. The van der Waals surface area contributed by atoms with Gasteiger partial charge in [0.2, 0.25) is 0 Å². The second-order valence-corrected chi connectivity index (χ2v) is 4.01. The molecule has 1 rings (SSSR count). The number of nitrogens with one attached hydrogen (secondary N) is 2. The normalized spacial score (nSPS) is 10.5. The molecule has 0 aliphatic carbocycles. The second kappa shape index (κ2) is 8.01. The largest absolute Gasteiger partial charge is 0.384 e. The molecule has 1 aromatic carbocycles. The zero-order chi connectivity index (χ0) is 12.5. The zero-order valence-corrected chi connectivity index (χ0v) is 10.2. The van der Waals surface area contributed by atoms with Crippen molar-refractivity contribution >= 4 is 5.69 Å². The molecule has 17 heavy (non-hydrogen) atoms. The number of benzene rings is 1. The summed E-state index contributed by atoms with van der Waals surface area (Å²) in [6.45, 7) is 4.71. The molecule has 0 fully saturated rings. The first-order valence-corrected chi connectivity index (χ1v) is 6.13. The molecule has 0 saturated heterocycles. The average Bonchev–Trinajstić information content (AvgIpc) is 2.32. The second-order valence-electron chi connectivity index (χ2n) is 4.01. The third-order valence-corrected chi connectivity index (χ3v) is 2.51. The topological polar surface area (TPSA) is 24.1 Å². The van der Waals surface area contributed by atoms with E-state index in [4.69, 9.17) is 0 Å². The number of anilines is 1. The minimum atomic E-state index is -0.814. The van der Waals surface area contributed by atoms with Crippen LogP contribution >= 0.6 is 0 Å². The van der Waals surface area contributed by atoms with Gasteiger partial charge in [-0.05, 0) is 31.2 Å². The van der Waals surface area contributed by atoms with Gasteiger partial charge in [-0.1, -0.05) is 19.8 Å². The first kappa shape index (κ1) is 13.9. The van der Waals surface area contributed by atoms with E-state index in [-0.39, 0.29) is 0 Å². The summed E-state index contributed by atoms with van der Waals surface area (Å²) in [5, 5.41) is 6.32. The van der Waals surface area contributed by atoms with Crippen LogP contribution in [-0.4, -0.2) is 19.6 Å². The summed E-state index contributed by atoms with van der Waals surface area (Å²) in [5.74, 6) is -1.63. The van der Waals surface area contributed by atoms with Crippen LogP contribution in [0.4, 0.5) is 14.5 Å². The minimum Gasteiger partial charge on any atom is -0.384 e. The van der Waals surface area contributed by atoms with Gasteiger partial charge in [0.15, 0.2) is 11.6 Å². The lowest BCUT2D eigenvalue weighted by Gasteiger charge is -2.07. The van der Waals surface area contributed by atoms with Crippen molar-refractivity contribution in [2.24, 2.45) is 0 Å². The van der Waals surface area contributed by atoms with Gasteiger partial charge in [0.1, 0.15) is 0 Å². The maximum Gasteiger partial charge on any atom is 0.160 e. The van der Waals surface area contributed by atoms with E-state index in [9.17, 15) is 8.78 Å². The molecule has 0 spiro atoms. The monoisotopic (exact) mass is 242 g/mol. The van der Waals surface area contributed by atoms with Gasteiger partial charge >= 0.3 is 0 Å². The van der Waals surface area contributed by atoms with Crippen molar-refractivity contribution in [3.05, 3.63) is 29.8 Å². The van der Waals surface area contributed by atoms with Gasteiger partial charge in [0.25, 0.3) is 0 Å². The smallest absolute Gasteiger partial charge is 0.160 e. The van der Waals surface area contributed by atoms with E-state index in [2.05, 4.69) is 17.6 Å². The van der Waals surface area contributed by atoms with Gasteiger partial charge in [0, 0.05) is 18.8 Å². The van der Waals surface area contributed by atoms with Crippen LogP contribution in [0.3, 0.4) is 0 Å². The Kier molecular flexibility index (Phi) is 6.55. The van der Waals surface area contributed by atoms with E-state index >= 15 is 0 Å². The predicted molar refractivity (Wildman–Crippen MR) is 67.2 cm³/mol. The molecule has 0 amide bonds. The summed E-state index contributed by atoms with van der Waals surface area (Å²) in [5.41, 5.74) is 0.610. The minimum absolute atomic E-state index is 0.610. The molecule has 0 aromatic heterocycles. The first-order chi connectivity index (χ1) is 8.24. The molecule has 4 heteroatoms. The van der Waals surface area contributed by atoms with E-state index < -0.39 is 11.6 Å². The molecule has 0 atom stereocenters. The summed E-state index contributed by atoms with van der Waals surface area (Å²) in [6, 6.07) is 3.84. The van der Waals surface area contributed by atoms with Crippen molar-refractivity contribution in [1.29, 1.82) is 0 Å². The fourth-order valence-corrected chi connectivity index (χ4v) is 1.53. The van der Waals surface area contributed by atoms with Gasteiger partial charge < -0.3 is 10.6 Å². The summed E-state index contributed by atoms with van der Waals surface area (Å²) < 4.78 is 25.5. The summed E-state index contributed by atoms with van der Waals surface area (Å²) in [4.78, 5) is 0. The van der Waals surface area contributed by atoms with Crippen LogP contribution in [0.5, 0.6) is 0 Å². The van der Waals surface area contributed by atoms with Gasteiger partial charge in [-0.3, -0.25) is 0 Å². The van der Waals surface area contributed by atoms with Gasteiger partial charge in [-0.2, -0.15) is 0 Å². The summed E-state index contributed by atoms with van der Waals surface area (Å²) in [7, 11) is 0. The van der Waals surface area contributed by atoms with E-state index in [0.717, 1.165) is 19.2 Å². The first-order valence-electron chi connectivity index (χ1n) is 6.13. The van der Waals surface area contributed by atoms with Crippen LogP contribution in [-0.2, 0) is 0 Å². The Morgan fingerprint density at radius 3 is 2.53 bits per heavy atom. The molecule has 0 saturated carbocycles. The number of rotatable bonds is 8. The van der Waals surface area contributed by atoms with Gasteiger partial charge in [-0.25, -0.2) is 8.78 Å². The van der Waals surface area contributed by atoms with Crippen molar-refractivity contribution < 1.29 is 8.78 Å². The quantitative estimate of drug-likeness (QED) is 0.684. The third kappa shape index (κ3) is 5.63. The molecule has 0 bridgehead atoms. The number of halogens is 2. The number of hydrogen-bond donors (Lipinski definition) is 2. The fraction of sp³-hybridized carbons (Fsp3) is 0.538. The highest BCUT2D eigenvalue weighted by atomic mass is 19.2. The molecular weight excluding hydrogens is 222 g/mol. The standard InChI is InChI=1S/C13H20F2N2/c1-2-3-4-7-16-8-9-17-11-5-6-12(14)13(15)10-11/h5-6,10,16-17H,2-4,7-9H2,1H3. The highest BCUT2D eigenvalue weighted by Gasteiger charge is 2.01. The Balaban J connectivity index is 2.11. The molecule has 0 heterocycles. The van der Waals surface area contributed by atoms with Crippen LogP contribution in [0.15, 0.2) is 18.2 Å². The van der Waals surface area contributed by atoms with E-state index in [1.165, 1.54) is 31.4 Å². The Morgan fingerprint density at radius 1 is 1.00 bits per heavy atom. The predicted octanol–water partition coefficient (Wildman–Crippen LogP) is 3.16. The Morgan fingerprint density at radius 2 is 1.82 bits per heavy atom. The summed E-state index contributed by atoms with van der Waals surface area (Å²) >= 11 is 0. The molecule has 2 N–H and O–H groups in total. The van der Waals surface area contributed by atoms with Crippen LogP contribution in [0, 0.1) is 11.6 Å². The average molecular weight is 242 g/mol. The molecule has 0 unspecified atom stereocenters. The van der Waals surface area contributed by atoms with E-state index in [1.807, 2.05) is 0 Å². The van der Waals surface area contributed by atoms with Gasteiger partial charge in [0.05, 0.1) is 0 Å². The molecule has 0 aliphatic heterocycles. The van der Waals surface area contributed by atoms with Crippen molar-refractivity contribution in [1.82, 2.24) is 5.32 Å². The summed E-state index contributed by atoms with van der Waals surface area (Å²) in [6.07, 6.45) is 3.64. The maximum absolute atomic E-state index is 12.9. The van der Waals surface area contributed by atoms with Crippen molar-refractivity contribution in [3.63, 3.8) is 0 Å². The fourth-order valence-electron chi connectivity index (χ4n) is 1.53. The van der Waals surface area contributed by atoms with Crippen LogP contribution < -0.4 is 10.6 Å². The van der Waals surface area contributed by atoms with Crippen molar-refractivity contribution in [2.45, 2.75) is 26.2 Å².